The molecule has 68 valence electrons. The predicted molar refractivity (Wildman–Crippen MR) is 51.0 cm³/mol. The summed E-state index contributed by atoms with van der Waals surface area (Å²) in [4.78, 5) is 15.5. The molecule has 0 aliphatic carbocycles. The van der Waals surface area contributed by atoms with Crippen molar-refractivity contribution < 1.29 is 0 Å². The Morgan fingerprint density at radius 2 is 2.08 bits per heavy atom. The monoisotopic (exact) mass is 197 g/mol. The first-order valence-corrected chi connectivity index (χ1v) is 4.17. The molecule has 0 N–H and O–H groups in total. The Hall–Kier alpha value is -1.29. The van der Waals surface area contributed by atoms with E-state index in [4.69, 9.17) is 11.6 Å². The summed E-state index contributed by atoms with van der Waals surface area (Å²) >= 11 is 5.86. The van der Waals surface area contributed by atoms with Gasteiger partial charge in [-0.3, -0.25) is 14.2 Å². The molecular weight excluding hydrogens is 190 g/mol. The number of pyridine rings is 1. The summed E-state index contributed by atoms with van der Waals surface area (Å²) in [5, 5.41) is 0.961. The van der Waals surface area contributed by atoms with E-state index in [0.29, 0.717) is 16.1 Å². The van der Waals surface area contributed by atoms with Crippen LogP contribution in [0.25, 0.3) is 10.9 Å². The van der Waals surface area contributed by atoms with Crippen LogP contribution in [0, 0.1) is 0 Å². The van der Waals surface area contributed by atoms with Crippen molar-refractivity contribution in [2.45, 2.75) is 0 Å². The van der Waals surface area contributed by atoms with E-state index in [1.807, 2.05) is 0 Å². The molecule has 0 aromatic carbocycles. The molecule has 4 nitrogen and oxygen atoms in total. The minimum absolute atomic E-state index is 0.0539. The van der Waals surface area contributed by atoms with Crippen LogP contribution < -0.4 is 5.56 Å². The van der Waals surface area contributed by atoms with Crippen LogP contribution in [0.4, 0.5) is 0 Å². The Morgan fingerprint density at radius 3 is 2.69 bits per heavy atom. The lowest BCUT2D eigenvalue weighted by Gasteiger charge is -1.99. The molecule has 0 spiro atoms. The van der Waals surface area contributed by atoms with Gasteiger partial charge in [-0.2, -0.15) is 0 Å². The topological polar surface area (TPSA) is 39.8 Å². The predicted octanol–water partition coefficient (Wildman–Crippen LogP) is 0.925. The van der Waals surface area contributed by atoms with Crippen LogP contribution in [0.15, 0.2) is 17.1 Å². The van der Waals surface area contributed by atoms with Gasteiger partial charge in [-0.25, -0.2) is 4.98 Å². The molecule has 0 unspecified atom stereocenters. The quantitative estimate of drug-likeness (QED) is 0.590. The molecule has 0 radical (unpaired) electrons. The average Bonchev–Trinajstić information content (AvgIpc) is 2.33. The van der Waals surface area contributed by atoms with Crippen LogP contribution in [0.1, 0.15) is 0 Å². The largest absolute Gasteiger partial charge is 0.282 e. The number of fused-ring (bicyclic) bond motifs is 1. The number of nitrogens with zero attached hydrogens (tertiary/aromatic N) is 3. The third-order valence-electron chi connectivity index (χ3n) is 2.18. The third kappa shape index (κ3) is 0.986. The number of rotatable bonds is 0. The van der Waals surface area contributed by atoms with Crippen molar-refractivity contribution >= 4 is 22.5 Å². The maximum Gasteiger partial charge on any atom is 0.274 e. The van der Waals surface area contributed by atoms with Crippen molar-refractivity contribution in [3.05, 3.63) is 27.8 Å². The van der Waals surface area contributed by atoms with Gasteiger partial charge in [0.2, 0.25) is 0 Å². The minimum Gasteiger partial charge on any atom is -0.282 e. The standard InChI is InChI=1S/C8H8ClN3O/c1-11-6-5(8(13)12(11)2)3-4-10-7(6)9/h3-4H,1-2H3. The van der Waals surface area contributed by atoms with E-state index >= 15 is 0 Å². The fraction of sp³-hybridized carbons (Fsp3) is 0.250. The van der Waals surface area contributed by atoms with Gasteiger partial charge in [0.15, 0.2) is 5.15 Å². The molecule has 2 aromatic heterocycles. The SMILES string of the molecule is Cn1c(=O)c2ccnc(Cl)c2n1C. The molecule has 0 aliphatic rings. The molecule has 2 aromatic rings. The van der Waals surface area contributed by atoms with Crippen LogP contribution in [-0.2, 0) is 14.1 Å². The van der Waals surface area contributed by atoms with Crippen LogP contribution in [-0.4, -0.2) is 14.3 Å². The van der Waals surface area contributed by atoms with Gasteiger partial charge in [0.25, 0.3) is 5.56 Å². The molecule has 13 heavy (non-hydrogen) atoms. The smallest absolute Gasteiger partial charge is 0.274 e. The maximum absolute atomic E-state index is 11.6. The second-order valence-corrected chi connectivity index (χ2v) is 3.21. The van der Waals surface area contributed by atoms with Gasteiger partial charge in [-0.15, -0.1) is 0 Å². The van der Waals surface area contributed by atoms with Crippen molar-refractivity contribution in [3.63, 3.8) is 0 Å². The van der Waals surface area contributed by atoms with Gasteiger partial charge in [0, 0.05) is 20.3 Å². The Kier molecular flexibility index (Phi) is 1.66. The summed E-state index contributed by atoms with van der Waals surface area (Å²) in [7, 11) is 3.47. The fourth-order valence-electron chi connectivity index (χ4n) is 1.37. The van der Waals surface area contributed by atoms with Crippen molar-refractivity contribution in [3.8, 4) is 0 Å². The number of halogens is 1. The lowest BCUT2D eigenvalue weighted by atomic mass is 10.3. The molecular formula is C8H8ClN3O. The first-order chi connectivity index (χ1) is 6.13. The lowest BCUT2D eigenvalue weighted by Crippen LogP contribution is -2.16. The average molecular weight is 198 g/mol. The molecule has 0 aliphatic heterocycles. The Morgan fingerprint density at radius 1 is 1.38 bits per heavy atom. The van der Waals surface area contributed by atoms with Crippen LogP contribution in [0.3, 0.4) is 0 Å². The molecule has 0 saturated carbocycles. The van der Waals surface area contributed by atoms with Gasteiger partial charge >= 0.3 is 0 Å². The van der Waals surface area contributed by atoms with E-state index in [0.717, 1.165) is 0 Å². The van der Waals surface area contributed by atoms with Gasteiger partial charge in [-0.05, 0) is 6.07 Å². The van der Waals surface area contributed by atoms with E-state index < -0.39 is 0 Å². The van der Waals surface area contributed by atoms with Crippen LogP contribution in [0.5, 0.6) is 0 Å². The lowest BCUT2D eigenvalue weighted by molar-refractivity contribution is 0.595. The highest BCUT2D eigenvalue weighted by atomic mass is 35.5. The number of hydrogen-bond acceptors (Lipinski definition) is 2. The molecule has 0 fully saturated rings. The summed E-state index contributed by atoms with van der Waals surface area (Å²) in [6.45, 7) is 0. The Bertz CT molecular complexity index is 526. The second kappa shape index (κ2) is 2.60. The molecule has 0 atom stereocenters. The summed E-state index contributed by atoms with van der Waals surface area (Å²) in [6.07, 6.45) is 1.53. The van der Waals surface area contributed by atoms with E-state index in [2.05, 4.69) is 4.98 Å². The van der Waals surface area contributed by atoms with Crippen molar-refractivity contribution in [2.75, 3.05) is 0 Å². The zero-order valence-electron chi connectivity index (χ0n) is 7.28. The van der Waals surface area contributed by atoms with Gasteiger partial charge in [-0.1, -0.05) is 11.6 Å². The van der Waals surface area contributed by atoms with E-state index in [9.17, 15) is 4.79 Å². The van der Waals surface area contributed by atoms with Crippen molar-refractivity contribution in [2.24, 2.45) is 14.1 Å². The van der Waals surface area contributed by atoms with Gasteiger partial charge in [0.05, 0.1) is 5.39 Å². The first-order valence-electron chi connectivity index (χ1n) is 3.79. The highest BCUT2D eigenvalue weighted by Gasteiger charge is 2.10. The molecule has 2 heterocycles. The number of aromatic nitrogens is 3. The summed E-state index contributed by atoms with van der Waals surface area (Å²) in [6, 6.07) is 1.67. The zero-order chi connectivity index (χ0) is 9.59. The van der Waals surface area contributed by atoms with Crippen molar-refractivity contribution in [1.82, 2.24) is 14.3 Å². The highest BCUT2D eigenvalue weighted by molar-refractivity contribution is 6.33. The van der Waals surface area contributed by atoms with Crippen molar-refractivity contribution in [1.29, 1.82) is 0 Å². The first kappa shape index (κ1) is 8.31. The molecule has 0 saturated heterocycles. The molecule has 0 amide bonds. The van der Waals surface area contributed by atoms with E-state index in [-0.39, 0.29) is 5.56 Å². The van der Waals surface area contributed by atoms with Gasteiger partial charge in [0.1, 0.15) is 5.52 Å². The number of hydrogen-bond donors (Lipinski definition) is 0. The van der Waals surface area contributed by atoms with Crippen LogP contribution >= 0.6 is 11.6 Å². The van der Waals surface area contributed by atoms with E-state index in [1.54, 1.807) is 24.8 Å². The molecule has 5 heteroatoms. The third-order valence-corrected chi connectivity index (χ3v) is 2.45. The Balaban J connectivity index is 3.12. The molecule has 0 bridgehead atoms. The fourth-order valence-corrected chi connectivity index (χ4v) is 1.65. The summed E-state index contributed by atoms with van der Waals surface area (Å²) in [5.41, 5.74) is 0.624. The second-order valence-electron chi connectivity index (χ2n) is 2.85. The number of aryl methyl sites for hydroxylation is 1. The summed E-state index contributed by atoms with van der Waals surface area (Å²) in [5.74, 6) is 0. The van der Waals surface area contributed by atoms with Crippen LogP contribution in [0.2, 0.25) is 5.15 Å². The van der Waals surface area contributed by atoms with E-state index in [1.165, 1.54) is 10.9 Å². The Labute approximate surface area is 79.3 Å². The minimum atomic E-state index is -0.0539. The highest BCUT2D eigenvalue weighted by Crippen LogP contribution is 2.17. The normalized spacial score (nSPS) is 11.0. The molecule has 2 rings (SSSR count). The zero-order valence-corrected chi connectivity index (χ0v) is 8.04. The maximum atomic E-state index is 11.6. The summed E-state index contributed by atoms with van der Waals surface area (Å²) < 4.78 is 3.19. The van der Waals surface area contributed by atoms with Gasteiger partial charge < -0.3 is 0 Å².